The summed E-state index contributed by atoms with van der Waals surface area (Å²) < 4.78 is 31.1. The van der Waals surface area contributed by atoms with Gasteiger partial charge in [0.2, 0.25) is 0 Å². The Labute approximate surface area is 176 Å². The fraction of sp³-hybridized carbons (Fsp3) is 0.478. The van der Waals surface area contributed by atoms with E-state index >= 15 is 0 Å². The molecule has 160 valence electrons. The van der Waals surface area contributed by atoms with Crippen LogP contribution < -0.4 is 4.74 Å². The van der Waals surface area contributed by atoms with Crippen molar-refractivity contribution in [1.29, 1.82) is 0 Å². The first kappa shape index (κ1) is 20.8. The summed E-state index contributed by atoms with van der Waals surface area (Å²) in [6.45, 7) is 5.92. The van der Waals surface area contributed by atoms with E-state index in [-0.39, 0.29) is 25.4 Å². The van der Waals surface area contributed by atoms with Crippen molar-refractivity contribution in [2.75, 3.05) is 26.5 Å². The Morgan fingerprint density at radius 2 is 2.20 bits per heavy atom. The van der Waals surface area contributed by atoms with Crippen LogP contribution in [0.3, 0.4) is 0 Å². The fourth-order valence-electron chi connectivity index (χ4n) is 4.02. The van der Waals surface area contributed by atoms with Crippen LogP contribution in [0.5, 0.6) is 5.75 Å². The van der Waals surface area contributed by atoms with Gasteiger partial charge in [0.25, 0.3) is 5.91 Å². The zero-order valence-corrected chi connectivity index (χ0v) is 17.6. The summed E-state index contributed by atoms with van der Waals surface area (Å²) in [6.07, 6.45) is 2.10. The van der Waals surface area contributed by atoms with Gasteiger partial charge in [0.15, 0.2) is 0 Å². The molecule has 1 aromatic carbocycles. The maximum absolute atomic E-state index is 13.7. The predicted octanol–water partition coefficient (Wildman–Crippen LogP) is 3.63. The number of fused-ring (bicyclic) bond motifs is 1. The maximum Gasteiger partial charge on any atom is 0.253 e. The monoisotopic (exact) mass is 414 g/mol. The number of carbonyl (C=O) groups is 1. The number of pyridine rings is 1. The van der Waals surface area contributed by atoms with E-state index in [9.17, 15) is 9.18 Å². The molecule has 3 heterocycles. The van der Waals surface area contributed by atoms with Gasteiger partial charge in [0.05, 0.1) is 12.2 Å². The Morgan fingerprint density at radius 1 is 1.37 bits per heavy atom. The second-order valence-electron chi connectivity index (χ2n) is 8.51. The van der Waals surface area contributed by atoms with E-state index in [0.717, 1.165) is 11.3 Å². The molecule has 0 spiro atoms. The number of halogens is 1. The number of nitrogens with zero attached hydrogens (tertiary/aromatic N) is 2. The predicted molar refractivity (Wildman–Crippen MR) is 109 cm³/mol. The van der Waals surface area contributed by atoms with E-state index in [0.29, 0.717) is 30.8 Å². The zero-order chi connectivity index (χ0) is 21.4. The number of carbonyl (C=O) groups excluding carboxylic acids is 1. The quantitative estimate of drug-likeness (QED) is 0.748. The molecule has 2 saturated heterocycles. The van der Waals surface area contributed by atoms with Crippen LogP contribution in [-0.4, -0.2) is 54.1 Å². The third-order valence-corrected chi connectivity index (χ3v) is 5.62. The number of alkyl halides is 1. The second kappa shape index (κ2) is 7.96. The van der Waals surface area contributed by atoms with Crippen molar-refractivity contribution in [3.8, 4) is 5.75 Å². The molecule has 2 aromatic rings. The minimum Gasteiger partial charge on any atom is -0.490 e. The van der Waals surface area contributed by atoms with Gasteiger partial charge in [-0.15, -0.1) is 0 Å². The number of likely N-dealkylation sites (tertiary alicyclic amines) is 1. The summed E-state index contributed by atoms with van der Waals surface area (Å²) in [5.74, 6) is 0.512. The van der Waals surface area contributed by atoms with Crippen LogP contribution in [0.4, 0.5) is 4.39 Å². The van der Waals surface area contributed by atoms with Crippen LogP contribution >= 0.6 is 0 Å². The number of piperidine rings is 1. The molecule has 6 nitrogen and oxygen atoms in total. The third-order valence-electron chi connectivity index (χ3n) is 5.62. The van der Waals surface area contributed by atoms with Crippen LogP contribution in [0, 0.1) is 6.92 Å². The number of aromatic nitrogens is 1. The average molecular weight is 414 g/mol. The molecule has 2 atom stereocenters. The molecule has 4 rings (SSSR count). The van der Waals surface area contributed by atoms with E-state index in [1.165, 1.54) is 13.8 Å². The first-order valence-corrected chi connectivity index (χ1v) is 10.2. The Hall–Kier alpha value is -2.51. The summed E-state index contributed by atoms with van der Waals surface area (Å²) in [5.41, 5.74) is 0.185. The Bertz CT molecular complexity index is 915. The molecule has 2 aliphatic rings. The maximum atomic E-state index is 13.7. The molecule has 30 heavy (non-hydrogen) atoms. The topological polar surface area (TPSA) is 60.9 Å². The summed E-state index contributed by atoms with van der Waals surface area (Å²) in [6, 6.07) is 11.0. The lowest BCUT2D eigenvalue weighted by Gasteiger charge is -2.41. The van der Waals surface area contributed by atoms with Crippen LogP contribution in [0.15, 0.2) is 42.6 Å². The van der Waals surface area contributed by atoms with Crippen molar-refractivity contribution in [2.24, 2.45) is 0 Å². The van der Waals surface area contributed by atoms with Crippen molar-refractivity contribution < 1.29 is 23.4 Å². The van der Waals surface area contributed by atoms with Crippen molar-refractivity contribution in [1.82, 2.24) is 9.88 Å². The summed E-state index contributed by atoms with van der Waals surface area (Å²) in [4.78, 5) is 19.4. The largest absolute Gasteiger partial charge is 0.490 e. The van der Waals surface area contributed by atoms with Crippen LogP contribution in [0.2, 0.25) is 0 Å². The highest BCUT2D eigenvalue weighted by Crippen LogP contribution is 2.41. The molecule has 1 amide bonds. The van der Waals surface area contributed by atoms with Gasteiger partial charge in [-0.05, 0) is 56.7 Å². The summed E-state index contributed by atoms with van der Waals surface area (Å²) in [5, 5.41) is 0. The minimum atomic E-state index is -1.42. The van der Waals surface area contributed by atoms with Crippen LogP contribution in [-0.2, 0) is 15.1 Å². The zero-order valence-electron chi connectivity index (χ0n) is 17.6. The number of ether oxygens (including phenoxy) is 3. The van der Waals surface area contributed by atoms with E-state index in [2.05, 4.69) is 4.98 Å². The Balaban J connectivity index is 1.47. The van der Waals surface area contributed by atoms with Gasteiger partial charge in [-0.1, -0.05) is 6.07 Å². The van der Waals surface area contributed by atoms with E-state index in [4.69, 9.17) is 14.2 Å². The highest BCUT2D eigenvalue weighted by Gasteiger charge is 2.52. The number of benzene rings is 1. The molecule has 0 saturated carbocycles. The van der Waals surface area contributed by atoms with Crippen molar-refractivity contribution in [2.45, 2.75) is 44.6 Å². The van der Waals surface area contributed by atoms with Crippen LogP contribution in [0.1, 0.15) is 41.9 Å². The average Bonchev–Trinajstić information content (AvgIpc) is 3.16. The van der Waals surface area contributed by atoms with Gasteiger partial charge in [0.1, 0.15) is 36.5 Å². The highest BCUT2D eigenvalue weighted by atomic mass is 19.1. The molecular formula is C23H27FN2O4. The van der Waals surface area contributed by atoms with Gasteiger partial charge in [-0.25, -0.2) is 4.39 Å². The SMILES string of the molecule is Cc1cc(C(=O)N2CCC3(c4ccccn4)OCOC3C2)ccc1OCC(C)(C)F. The molecule has 0 bridgehead atoms. The van der Waals surface area contributed by atoms with E-state index < -0.39 is 11.3 Å². The lowest BCUT2D eigenvalue weighted by atomic mass is 9.85. The molecular weight excluding hydrogens is 387 g/mol. The Morgan fingerprint density at radius 3 is 2.90 bits per heavy atom. The Kier molecular flexibility index (Phi) is 5.51. The lowest BCUT2D eigenvalue weighted by Crippen LogP contribution is -2.53. The molecule has 0 radical (unpaired) electrons. The van der Waals surface area contributed by atoms with Crippen molar-refractivity contribution in [3.05, 3.63) is 59.4 Å². The summed E-state index contributed by atoms with van der Waals surface area (Å²) in [7, 11) is 0. The first-order valence-electron chi connectivity index (χ1n) is 10.2. The van der Waals surface area contributed by atoms with Gasteiger partial charge in [-0.3, -0.25) is 9.78 Å². The molecule has 7 heteroatoms. The van der Waals surface area contributed by atoms with Gasteiger partial charge < -0.3 is 19.1 Å². The first-order chi connectivity index (χ1) is 14.3. The number of amides is 1. The number of aryl methyl sites for hydroxylation is 1. The fourth-order valence-corrected chi connectivity index (χ4v) is 4.02. The molecule has 1 aromatic heterocycles. The number of rotatable bonds is 5. The second-order valence-corrected chi connectivity index (χ2v) is 8.51. The van der Waals surface area contributed by atoms with Gasteiger partial charge >= 0.3 is 0 Å². The molecule has 0 N–H and O–H groups in total. The molecule has 2 fully saturated rings. The van der Waals surface area contributed by atoms with E-state index in [1.807, 2.05) is 25.1 Å². The summed E-state index contributed by atoms with van der Waals surface area (Å²) >= 11 is 0. The third kappa shape index (κ3) is 4.04. The minimum absolute atomic E-state index is 0.0398. The number of hydrogen-bond acceptors (Lipinski definition) is 5. The standard InChI is InChI=1S/C23H27FN2O4/c1-16-12-17(7-8-18(16)28-14-22(2,3)24)21(27)26-11-9-23(19-6-4-5-10-25-19)20(13-26)29-15-30-23/h4-8,10,12,20H,9,11,13-15H2,1-3H3. The lowest BCUT2D eigenvalue weighted by molar-refractivity contribution is -0.0470. The highest BCUT2D eigenvalue weighted by molar-refractivity contribution is 5.94. The van der Waals surface area contributed by atoms with Gasteiger partial charge in [-0.2, -0.15) is 0 Å². The molecule has 2 aliphatic heterocycles. The van der Waals surface area contributed by atoms with Crippen molar-refractivity contribution in [3.63, 3.8) is 0 Å². The van der Waals surface area contributed by atoms with Crippen LogP contribution in [0.25, 0.3) is 0 Å². The van der Waals surface area contributed by atoms with Crippen molar-refractivity contribution >= 4 is 5.91 Å². The van der Waals surface area contributed by atoms with Gasteiger partial charge in [0, 0.05) is 24.7 Å². The normalized spacial score (nSPS) is 23.9. The van der Waals surface area contributed by atoms with E-state index in [1.54, 1.807) is 29.3 Å². The molecule has 2 unspecified atom stereocenters. The number of hydrogen-bond donors (Lipinski definition) is 0. The molecule has 0 aliphatic carbocycles. The smallest absolute Gasteiger partial charge is 0.253 e.